The zero-order chi connectivity index (χ0) is 23.8. The molecule has 0 fully saturated rings. The van der Waals surface area contributed by atoms with Gasteiger partial charge in [-0.3, -0.25) is 4.79 Å². The standard InChI is InChI=1S/C20H14F3N7O3/c21-20(22,23)10-7-13(18(32)25-8-10)29-19(33)28-11-1-3-12(4-2-11)30-6-5-14(31)15-16(24)26-9-27-17(15)30/h1-9H,(H,25,32)(H2,24,26,27)(H2,28,29,33). The van der Waals surface area contributed by atoms with E-state index in [9.17, 15) is 27.9 Å². The second kappa shape index (κ2) is 8.11. The fourth-order valence-corrected chi connectivity index (χ4v) is 3.01. The molecule has 4 rings (SSSR count). The number of hydrogen-bond donors (Lipinski definition) is 4. The Labute approximate surface area is 182 Å². The number of nitrogens with one attached hydrogen (secondary N) is 2. The van der Waals surface area contributed by atoms with Gasteiger partial charge in [-0.25, -0.2) is 19.7 Å². The number of nitrogens with two attached hydrogens (primary N) is 1. The average molecular weight is 457 g/mol. The van der Waals surface area contributed by atoms with Crippen molar-refractivity contribution in [3.63, 3.8) is 0 Å². The zero-order valence-corrected chi connectivity index (χ0v) is 16.5. The first-order chi connectivity index (χ1) is 15.6. The summed E-state index contributed by atoms with van der Waals surface area (Å²) in [6, 6.07) is 7.26. The Balaban J connectivity index is 1.54. The molecule has 3 aromatic heterocycles. The van der Waals surface area contributed by atoms with Gasteiger partial charge in [0.1, 0.15) is 23.2 Å². The molecule has 0 atom stereocenters. The third kappa shape index (κ3) is 4.37. The van der Waals surface area contributed by atoms with Gasteiger partial charge in [0.25, 0.3) is 0 Å². The molecule has 0 unspecified atom stereocenters. The molecule has 0 saturated carbocycles. The number of nitrogens with zero attached hydrogens (tertiary/aromatic N) is 4. The van der Waals surface area contributed by atoms with Crippen LogP contribution < -0.4 is 21.8 Å². The van der Waals surface area contributed by atoms with Crippen LogP contribution in [0.2, 0.25) is 0 Å². The lowest BCUT2D eigenvalue weighted by Gasteiger charge is -2.13. The normalized spacial score (nSPS) is 11.4. The summed E-state index contributed by atoms with van der Waals surface area (Å²) in [7, 11) is 0. The predicted molar refractivity (Wildman–Crippen MR) is 113 cm³/mol. The first-order valence-corrected chi connectivity index (χ1v) is 9.20. The third-order valence-electron chi connectivity index (χ3n) is 4.55. The van der Waals surface area contributed by atoms with Crippen molar-refractivity contribution >= 4 is 34.3 Å². The van der Waals surface area contributed by atoms with Gasteiger partial charge >= 0.3 is 12.2 Å². The highest BCUT2D eigenvalue weighted by Gasteiger charge is 2.32. The number of anilines is 3. The summed E-state index contributed by atoms with van der Waals surface area (Å²) in [5.41, 5.74) is 5.00. The second-order valence-corrected chi connectivity index (χ2v) is 6.73. The van der Waals surface area contributed by atoms with E-state index in [2.05, 4.69) is 25.6 Å². The highest BCUT2D eigenvalue weighted by Crippen LogP contribution is 2.33. The number of aromatic nitrogens is 4. The molecule has 10 nitrogen and oxygen atoms in total. The molecule has 13 heteroatoms. The fourth-order valence-electron chi connectivity index (χ4n) is 3.01. The monoisotopic (exact) mass is 457 g/mol. The maximum Gasteiger partial charge on any atom is 0.417 e. The summed E-state index contributed by atoms with van der Waals surface area (Å²) < 4.78 is 40.1. The van der Waals surface area contributed by atoms with Gasteiger partial charge in [0.15, 0.2) is 11.1 Å². The number of fused-ring (bicyclic) bond motifs is 1. The minimum atomic E-state index is -4.69. The van der Waals surface area contributed by atoms with Crippen molar-refractivity contribution in [1.29, 1.82) is 0 Å². The van der Waals surface area contributed by atoms with E-state index >= 15 is 0 Å². The van der Waals surface area contributed by atoms with Crippen molar-refractivity contribution in [3.05, 3.63) is 70.9 Å². The molecular formula is C20H14F3N7O3. The largest absolute Gasteiger partial charge is 0.492 e. The van der Waals surface area contributed by atoms with Crippen LogP contribution in [0, 0.1) is 0 Å². The molecule has 0 radical (unpaired) electrons. The highest BCUT2D eigenvalue weighted by atomic mass is 19.4. The lowest BCUT2D eigenvalue weighted by molar-refractivity contribution is -0.137. The maximum absolute atomic E-state index is 12.8. The van der Waals surface area contributed by atoms with Crippen LogP contribution >= 0.6 is 0 Å². The molecule has 0 spiro atoms. The van der Waals surface area contributed by atoms with Crippen LogP contribution in [0.25, 0.3) is 16.7 Å². The Morgan fingerprint density at radius 1 is 1.06 bits per heavy atom. The summed E-state index contributed by atoms with van der Waals surface area (Å²) >= 11 is 0. The van der Waals surface area contributed by atoms with Crippen LogP contribution in [-0.4, -0.2) is 30.7 Å². The molecule has 4 aromatic rings. The smallest absolute Gasteiger partial charge is 0.417 e. The van der Waals surface area contributed by atoms with Gasteiger partial charge in [-0.15, -0.1) is 0 Å². The van der Waals surface area contributed by atoms with Crippen LogP contribution in [0.4, 0.5) is 35.2 Å². The first kappa shape index (κ1) is 21.5. The first-order valence-electron chi connectivity index (χ1n) is 9.20. The topological polar surface area (TPSA) is 148 Å². The molecule has 2 amide bonds. The number of benzene rings is 1. The van der Waals surface area contributed by atoms with Crippen molar-refractivity contribution in [1.82, 2.24) is 19.5 Å². The highest BCUT2D eigenvalue weighted by molar-refractivity contribution is 6.00. The van der Waals surface area contributed by atoms with E-state index in [0.717, 1.165) is 0 Å². The molecule has 0 saturated heterocycles. The van der Waals surface area contributed by atoms with Crippen LogP contribution in [0.1, 0.15) is 5.56 Å². The number of nitrogen functional groups attached to an aromatic ring is 1. The van der Waals surface area contributed by atoms with E-state index in [1.54, 1.807) is 16.7 Å². The Morgan fingerprint density at radius 2 is 1.79 bits per heavy atom. The predicted octanol–water partition coefficient (Wildman–Crippen LogP) is 3.13. The summed E-state index contributed by atoms with van der Waals surface area (Å²) in [5, 5.41) is 14.4. The van der Waals surface area contributed by atoms with Crippen molar-refractivity contribution in [2.75, 3.05) is 16.4 Å². The van der Waals surface area contributed by atoms with E-state index in [1.807, 2.05) is 0 Å². The van der Waals surface area contributed by atoms with Crippen molar-refractivity contribution in [2.45, 2.75) is 6.18 Å². The summed E-state index contributed by atoms with van der Waals surface area (Å²) in [4.78, 5) is 35.5. The number of hydrogen-bond acceptors (Lipinski definition) is 7. The van der Waals surface area contributed by atoms with E-state index in [1.165, 1.54) is 30.7 Å². The van der Waals surface area contributed by atoms with Crippen LogP contribution in [0.5, 0.6) is 5.88 Å². The van der Waals surface area contributed by atoms with Gasteiger partial charge in [-0.05, 0) is 30.3 Å². The molecule has 3 heterocycles. The number of urea groups is 1. The Hall–Kier alpha value is -4.68. The zero-order valence-electron chi connectivity index (χ0n) is 16.5. The molecular weight excluding hydrogens is 443 g/mol. The number of aromatic hydroxyl groups is 1. The van der Waals surface area contributed by atoms with Gasteiger partial charge in [0.2, 0.25) is 5.88 Å². The van der Waals surface area contributed by atoms with Crippen LogP contribution in [0.3, 0.4) is 0 Å². The molecule has 1 aromatic carbocycles. The van der Waals surface area contributed by atoms with Crippen molar-refractivity contribution in [2.24, 2.45) is 0 Å². The Morgan fingerprint density at radius 3 is 2.48 bits per heavy atom. The molecule has 168 valence electrons. The van der Waals surface area contributed by atoms with Gasteiger partial charge in [-0.2, -0.15) is 13.2 Å². The number of alkyl halides is 3. The van der Waals surface area contributed by atoms with Gasteiger partial charge in [0.05, 0.1) is 5.56 Å². The number of carbonyl (C=O) groups is 1. The fraction of sp³-hybridized carbons (Fsp3) is 0.0500. The lowest BCUT2D eigenvalue weighted by atomic mass is 10.2. The molecule has 0 bridgehead atoms. The van der Waals surface area contributed by atoms with E-state index in [0.29, 0.717) is 29.3 Å². The quantitative estimate of drug-likeness (QED) is 0.369. The van der Waals surface area contributed by atoms with E-state index < -0.39 is 29.3 Å². The molecule has 0 aliphatic heterocycles. The molecule has 5 N–H and O–H groups in total. The summed E-state index contributed by atoms with van der Waals surface area (Å²) in [6.07, 6.45) is -1.50. The molecule has 0 aliphatic rings. The number of halogens is 3. The maximum atomic E-state index is 12.8. The van der Waals surface area contributed by atoms with Crippen molar-refractivity contribution < 1.29 is 23.1 Å². The summed E-state index contributed by atoms with van der Waals surface area (Å²) in [5.74, 6) is -0.721. The number of carbonyl (C=O) groups excluding carboxylic acids is 1. The minimum Gasteiger partial charge on any atom is -0.492 e. The number of amides is 2. The second-order valence-electron chi connectivity index (χ2n) is 6.73. The van der Waals surface area contributed by atoms with Gasteiger partial charge in [-0.1, -0.05) is 0 Å². The summed E-state index contributed by atoms with van der Waals surface area (Å²) in [6.45, 7) is 0. The molecule has 0 aliphatic carbocycles. The SMILES string of the molecule is Nc1ncnc2c1c(=O)ccn2-c1ccc(NC(=O)Nc2cc(C(F)(F)F)cnc2O)cc1. The number of pyridine rings is 2. The minimum absolute atomic E-state index is 0.0432. The van der Waals surface area contributed by atoms with Crippen LogP contribution in [0.15, 0.2) is 59.9 Å². The van der Waals surface area contributed by atoms with E-state index in [-0.39, 0.29) is 16.6 Å². The molecule has 33 heavy (non-hydrogen) atoms. The van der Waals surface area contributed by atoms with Crippen molar-refractivity contribution in [3.8, 4) is 11.6 Å². The number of rotatable bonds is 3. The van der Waals surface area contributed by atoms with Gasteiger partial charge in [0, 0.05) is 29.8 Å². The third-order valence-corrected chi connectivity index (χ3v) is 4.55. The van der Waals surface area contributed by atoms with Gasteiger partial charge < -0.3 is 26.0 Å². The van der Waals surface area contributed by atoms with E-state index in [4.69, 9.17) is 5.73 Å². The van der Waals surface area contributed by atoms with Crippen LogP contribution in [-0.2, 0) is 6.18 Å². The lowest BCUT2D eigenvalue weighted by Crippen LogP contribution is -2.20. The Kier molecular flexibility index (Phi) is 5.29. The average Bonchev–Trinajstić information content (AvgIpc) is 2.75. The Bertz CT molecular complexity index is 1420.